The number of hydrogen-bond donors (Lipinski definition) is 3. The molecular formula is C12H20N2O6. The molecule has 0 aliphatic carbocycles. The number of likely N-dealkylation sites (tertiary alicyclic amines) is 1. The number of carbonyl (C=O) groups excluding carboxylic acids is 2. The van der Waals surface area contributed by atoms with Crippen molar-refractivity contribution >= 4 is 18.0 Å². The van der Waals surface area contributed by atoms with Gasteiger partial charge in [-0.1, -0.05) is 0 Å². The Hall–Kier alpha value is -1.83. The van der Waals surface area contributed by atoms with Gasteiger partial charge in [-0.2, -0.15) is 0 Å². The molecule has 0 aromatic carbocycles. The molecule has 0 spiro atoms. The van der Waals surface area contributed by atoms with Crippen LogP contribution in [0.4, 0.5) is 4.79 Å². The molecule has 1 saturated heterocycles. The topological polar surface area (TPSA) is 116 Å². The molecule has 20 heavy (non-hydrogen) atoms. The molecule has 8 nitrogen and oxygen atoms in total. The van der Waals surface area contributed by atoms with Crippen LogP contribution in [0.5, 0.6) is 0 Å². The van der Waals surface area contributed by atoms with Crippen molar-refractivity contribution in [2.75, 3.05) is 19.7 Å². The van der Waals surface area contributed by atoms with Crippen molar-refractivity contribution in [2.45, 2.75) is 38.3 Å². The summed E-state index contributed by atoms with van der Waals surface area (Å²) in [7, 11) is 0. The maximum absolute atomic E-state index is 11.8. The van der Waals surface area contributed by atoms with Gasteiger partial charge in [-0.3, -0.25) is 4.79 Å². The normalized spacial score (nSPS) is 21.6. The molecule has 0 saturated carbocycles. The molecule has 2 atom stereocenters. The molecule has 0 aromatic rings. The highest BCUT2D eigenvalue weighted by Crippen LogP contribution is 2.17. The van der Waals surface area contributed by atoms with Gasteiger partial charge in [0.05, 0.1) is 12.7 Å². The number of nitrogens with one attached hydrogen (secondary N) is 1. The van der Waals surface area contributed by atoms with Crippen LogP contribution in [0.2, 0.25) is 0 Å². The lowest BCUT2D eigenvalue weighted by molar-refractivity contribution is -0.143. The Bertz CT molecular complexity index is 373. The van der Waals surface area contributed by atoms with E-state index in [9.17, 15) is 19.5 Å². The van der Waals surface area contributed by atoms with Crippen molar-refractivity contribution in [3.63, 3.8) is 0 Å². The van der Waals surface area contributed by atoms with E-state index in [4.69, 9.17) is 9.84 Å². The number of aliphatic hydroxyl groups is 1. The SMILES string of the molecule is CCOC(=O)CCCNC(=O)N1CC(O)C[C@H]1C(=O)O. The van der Waals surface area contributed by atoms with Crippen LogP contribution in [0.15, 0.2) is 0 Å². The van der Waals surface area contributed by atoms with E-state index in [-0.39, 0.29) is 31.9 Å². The van der Waals surface area contributed by atoms with E-state index in [0.717, 1.165) is 4.90 Å². The quantitative estimate of drug-likeness (QED) is 0.450. The molecule has 1 rings (SSSR count). The molecule has 1 heterocycles. The maximum Gasteiger partial charge on any atom is 0.326 e. The highest BCUT2D eigenvalue weighted by atomic mass is 16.5. The van der Waals surface area contributed by atoms with Crippen LogP contribution < -0.4 is 5.32 Å². The fourth-order valence-electron chi connectivity index (χ4n) is 2.04. The van der Waals surface area contributed by atoms with Crippen LogP contribution in [0, 0.1) is 0 Å². The van der Waals surface area contributed by atoms with Crippen LogP contribution in [-0.4, -0.2) is 64.9 Å². The van der Waals surface area contributed by atoms with Gasteiger partial charge in [-0.25, -0.2) is 9.59 Å². The van der Waals surface area contributed by atoms with Gasteiger partial charge in [-0.15, -0.1) is 0 Å². The molecule has 1 fully saturated rings. The molecule has 1 aliphatic heterocycles. The van der Waals surface area contributed by atoms with Gasteiger partial charge in [0.25, 0.3) is 0 Å². The minimum absolute atomic E-state index is 0.000671. The molecule has 1 aliphatic rings. The zero-order chi connectivity index (χ0) is 15.1. The number of carbonyl (C=O) groups is 3. The van der Waals surface area contributed by atoms with Crippen LogP contribution in [-0.2, 0) is 14.3 Å². The Morgan fingerprint density at radius 2 is 2.10 bits per heavy atom. The molecule has 0 radical (unpaired) electrons. The van der Waals surface area contributed by atoms with Crippen molar-refractivity contribution in [1.29, 1.82) is 0 Å². The first-order chi connectivity index (χ1) is 9.45. The molecule has 0 aromatic heterocycles. The number of rotatable bonds is 6. The second-order valence-electron chi connectivity index (χ2n) is 4.54. The Morgan fingerprint density at radius 3 is 2.70 bits per heavy atom. The summed E-state index contributed by atoms with van der Waals surface area (Å²) in [4.78, 5) is 34.9. The summed E-state index contributed by atoms with van der Waals surface area (Å²) in [6, 6.07) is -1.55. The summed E-state index contributed by atoms with van der Waals surface area (Å²) in [5, 5.41) is 20.9. The van der Waals surface area contributed by atoms with Gasteiger partial charge < -0.3 is 25.2 Å². The van der Waals surface area contributed by atoms with Crippen molar-refractivity contribution < 1.29 is 29.3 Å². The van der Waals surface area contributed by atoms with E-state index in [0.29, 0.717) is 13.0 Å². The summed E-state index contributed by atoms with van der Waals surface area (Å²) in [6.45, 7) is 2.28. The number of β-amino-alcohol motifs (C(OH)–C–C–N with tert-alkyl or cyclic N) is 1. The summed E-state index contributed by atoms with van der Waals surface area (Å²) in [5.74, 6) is -1.47. The lowest BCUT2D eigenvalue weighted by atomic mass is 10.2. The first-order valence-corrected chi connectivity index (χ1v) is 6.56. The number of aliphatic hydroxyl groups excluding tert-OH is 1. The monoisotopic (exact) mass is 288 g/mol. The number of aliphatic carboxylic acids is 1. The molecule has 114 valence electrons. The third kappa shape index (κ3) is 4.69. The number of hydrogen-bond acceptors (Lipinski definition) is 5. The molecular weight excluding hydrogens is 268 g/mol. The lowest BCUT2D eigenvalue weighted by Crippen LogP contribution is -2.46. The smallest absolute Gasteiger partial charge is 0.326 e. The molecule has 2 amide bonds. The van der Waals surface area contributed by atoms with E-state index >= 15 is 0 Å². The van der Waals surface area contributed by atoms with Crippen LogP contribution >= 0.6 is 0 Å². The second-order valence-corrected chi connectivity index (χ2v) is 4.54. The standard InChI is InChI=1S/C12H20N2O6/c1-2-20-10(16)4-3-5-13-12(19)14-7-8(15)6-9(14)11(17)18/h8-9,15H,2-7H2,1H3,(H,13,19)(H,17,18)/t8?,9-/m0/s1. The highest BCUT2D eigenvalue weighted by Gasteiger charge is 2.38. The van der Waals surface area contributed by atoms with Gasteiger partial charge in [0.1, 0.15) is 6.04 Å². The Balaban J connectivity index is 2.31. The summed E-state index contributed by atoms with van der Waals surface area (Å²) in [5.41, 5.74) is 0. The van der Waals surface area contributed by atoms with Crippen molar-refractivity contribution in [1.82, 2.24) is 10.2 Å². The minimum atomic E-state index is -1.14. The average Bonchev–Trinajstić information content (AvgIpc) is 2.77. The first kappa shape index (κ1) is 16.2. The number of urea groups is 1. The Labute approximate surface area is 116 Å². The molecule has 0 bridgehead atoms. The molecule has 3 N–H and O–H groups in total. The second kappa shape index (κ2) is 7.68. The predicted molar refractivity (Wildman–Crippen MR) is 68.0 cm³/mol. The van der Waals surface area contributed by atoms with E-state index < -0.39 is 24.1 Å². The van der Waals surface area contributed by atoms with Crippen LogP contribution in [0.1, 0.15) is 26.2 Å². The van der Waals surface area contributed by atoms with Gasteiger partial charge in [0.15, 0.2) is 0 Å². The number of carboxylic acid groups (broad SMARTS) is 1. The fraction of sp³-hybridized carbons (Fsp3) is 0.750. The average molecular weight is 288 g/mol. The molecule has 8 heteroatoms. The predicted octanol–water partition coefficient (Wildman–Crippen LogP) is -0.441. The fourth-order valence-corrected chi connectivity index (χ4v) is 2.04. The Kier molecular flexibility index (Phi) is 6.23. The summed E-state index contributed by atoms with van der Waals surface area (Å²) >= 11 is 0. The van der Waals surface area contributed by atoms with Crippen LogP contribution in [0.25, 0.3) is 0 Å². The summed E-state index contributed by atoms with van der Waals surface area (Å²) < 4.78 is 4.74. The number of amides is 2. The van der Waals surface area contributed by atoms with Gasteiger partial charge in [0, 0.05) is 25.9 Å². The summed E-state index contributed by atoms with van der Waals surface area (Å²) in [6.07, 6.45) is -0.176. The third-order valence-corrected chi connectivity index (χ3v) is 2.96. The third-order valence-electron chi connectivity index (χ3n) is 2.96. The number of ether oxygens (including phenoxy) is 1. The van der Waals surface area contributed by atoms with Gasteiger partial charge in [-0.05, 0) is 13.3 Å². The molecule has 1 unspecified atom stereocenters. The van der Waals surface area contributed by atoms with Crippen molar-refractivity contribution in [3.05, 3.63) is 0 Å². The van der Waals surface area contributed by atoms with Crippen LogP contribution in [0.3, 0.4) is 0 Å². The minimum Gasteiger partial charge on any atom is -0.480 e. The number of esters is 1. The van der Waals surface area contributed by atoms with Crippen molar-refractivity contribution in [2.24, 2.45) is 0 Å². The first-order valence-electron chi connectivity index (χ1n) is 6.56. The number of nitrogens with zero attached hydrogens (tertiary/aromatic N) is 1. The van der Waals surface area contributed by atoms with Crippen molar-refractivity contribution in [3.8, 4) is 0 Å². The zero-order valence-electron chi connectivity index (χ0n) is 11.4. The highest BCUT2D eigenvalue weighted by molar-refractivity contribution is 5.83. The zero-order valence-corrected chi connectivity index (χ0v) is 11.4. The Morgan fingerprint density at radius 1 is 1.40 bits per heavy atom. The van der Waals surface area contributed by atoms with Gasteiger partial charge >= 0.3 is 18.0 Å². The van der Waals surface area contributed by atoms with E-state index in [1.807, 2.05) is 0 Å². The largest absolute Gasteiger partial charge is 0.480 e. The van der Waals surface area contributed by atoms with E-state index in [2.05, 4.69) is 5.32 Å². The van der Waals surface area contributed by atoms with Gasteiger partial charge in [0.2, 0.25) is 0 Å². The maximum atomic E-state index is 11.8. The number of carboxylic acids is 1. The lowest BCUT2D eigenvalue weighted by Gasteiger charge is -2.21. The van der Waals surface area contributed by atoms with E-state index in [1.54, 1.807) is 6.92 Å². The van der Waals surface area contributed by atoms with E-state index in [1.165, 1.54) is 0 Å².